The van der Waals surface area contributed by atoms with Gasteiger partial charge in [-0.2, -0.15) is 11.8 Å². The average molecular weight is 311 g/mol. The van der Waals surface area contributed by atoms with Gasteiger partial charge in [0.1, 0.15) is 0 Å². The fraction of sp³-hybridized carbons (Fsp3) is 0.533. The third kappa shape index (κ3) is 5.58. The summed E-state index contributed by atoms with van der Waals surface area (Å²) in [4.78, 5) is 13.7. The van der Waals surface area contributed by atoms with Crippen molar-refractivity contribution in [1.82, 2.24) is 5.32 Å². The van der Waals surface area contributed by atoms with Gasteiger partial charge in [0.2, 0.25) is 0 Å². The third-order valence-corrected chi connectivity index (χ3v) is 4.83. The van der Waals surface area contributed by atoms with Crippen LogP contribution in [-0.2, 0) is 0 Å². The van der Waals surface area contributed by atoms with E-state index in [-0.39, 0.29) is 18.6 Å². The first kappa shape index (κ1) is 17.1. The maximum Gasteiger partial charge on any atom is 0.261 e. The molecule has 0 aliphatic rings. The minimum absolute atomic E-state index is 0.0301. The minimum Gasteiger partial charge on any atom is -0.395 e. The molecule has 20 heavy (non-hydrogen) atoms. The van der Waals surface area contributed by atoms with E-state index in [4.69, 9.17) is 5.11 Å². The molecule has 3 nitrogen and oxygen atoms in total. The van der Waals surface area contributed by atoms with Crippen molar-refractivity contribution >= 4 is 29.0 Å². The number of hydrogen-bond acceptors (Lipinski definition) is 4. The Hall–Kier alpha value is -0.960. The molecule has 0 radical (unpaired) electrons. The Kier molecular flexibility index (Phi) is 7.75. The maximum atomic E-state index is 12.1. The van der Waals surface area contributed by atoms with Crippen molar-refractivity contribution in [3.8, 4) is 11.8 Å². The Morgan fingerprint density at radius 2 is 2.35 bits per heavy atom. The zero-order chi connectivity index (χ0) is 15.0. The lowest BCUT2D eigenvalue weighted by atomic mass is 10.2. The van der Waals surface area contributed by atoms with Crippen molar-refractivity contribution in [1.29, 1.82) is 0 Å². The lowest BCUT2D eigenvalue weighted by Crippen LogP contribution is -2.33. The van der Waals surface area contributed by atoms with E-state index in [1.165, 1.54) is 11.3 Å². The number of thiophene rings is 1. The smallest absolute Gasteiger partial charge is 0.261 e. The van der Waals surface area contributed by atoms with Gasteiger partial charge in [-0.1, -0.05) is 18.8 Å². The fourth-order valence-corrected chi connectivity index (χ4v) is 3.17. The molecule has 0 aliphatic heterocycles. The molecule has 0 aromatic carbocycles. The standard InChI is InChI=1S/C15H21NO2S2/c1-4-19-10-12(3)16-15(18)14-9-11(2)13(20-14)7-5-6-8-17/h9,12,17H,4,6,8,10H2,1-3H3,(H,16,18). The molecule has 2 N–H and O–H groups in total. The van der Waals surface area contributed by atoms with Crippen molar-refractivity contribution in [2.45, 2.75) is 33.2 Å². The van der Waals surface area contributed by atoms with E-state index in [1.54, 1.807) is 0 Å². The van der Waals surface area contributed by atoms with E-state index in [0.717, 1.165) is 21.9 Å². The number of hydrogen-bond donors (Lipinski definition) is 2. The fourth-order valence-electron chi connectivity index (χ4n) is 1.55. The van der Waals surface area contributed by atoms with Crippen LogP contribution in [0.4, 0.5) is 0 Å². The van der Waals surface area contributed by atoms with Gasteiger partial charge in [0, 0.05) is 18.2 Å². The van der Waals surface area contributed by atoms with Crippen molar-refractivity contribution < 1.29 is 9.90 Å². The number of rotatable bonds is 6. The molecule has 1 amide bonds. The minimum atomic E-state index is -0.0301. The van der Waals surface area contributed by atoms with Gasteiger partial charge in [-0.05, 0) is 31.2 Å². The Morgan fingerprint density at radius 3 is 3.00 bits per heavy atom. The van der Waals surface area contributed by atoms with Crippen molar-refractivity contribution in [2.75, 3.05) is 18.1 Å². The van der Waals surface area contributed by atoms with Crippen LogP contribution in [0, 0.1) is 18.8 Å². The highest BCUT2D eigenvalue weighted by atomic mass is 32.2. The maximum absolute atomic E-state index is 12.1. The van der Waals surface area contributed by atoms with Crippen LogP contribution in [0.25, 0.3) is 0 Å². The first-order valence-electron chi connectivity index (χ1n) is 6.67. The first-order chi connectivity index (χ1) is 9.58. The Bertz CT molecular complexity index is 500. The summed E-state index contributed by atoms with van der Waals surface area (Å²) in [5, 5.41) is 11.7. The number of aliphatic hydroxyl groups excluding tert-OH is 1. The summed E-state index contributed by atoms with van der Waals surface area (Å²) in [5.41, 5.74) is 1.01. The summed E-state index contributed by atoms with van der Waals surface area (Å²) in [6, 6.07) is 2.04. The van der Waals surface area contributed by atoms with Gasteiger partial charge >= 0.3 is 0 Å². The van der Waals surface area contributed by atoms with Crippen LogP contribution in [-0.4, -0.2) is 35.2 Å². The number of aryl methyl sites for hydroxylation is 1. The van der Waals surface area contributed by atoms with Crippen LogP contribution in [0.3, 0.4) is 0 Å². The van der Waals surface area contributed by atoms with Gasteiger partial charge in [-0.3, -0.25) is 4.79 Å². The number of thioether (sulfide) groups is 1. The van der Waals surface area contributed by atoms with Gasteiger partial charge in [0.15, 0.2) is 0 Å². The SMILES string of the molecule is CCSCC(C)NC(=O)c1cc(C)c(C#CCCO)s1. The summed E-state index contributed by atoms with van der Waals surface area (Å²) in [7, 11) is 0. The van der Waals surface area contributed by atoms with Gasteiger partial charge < -0.3 is 10.4 Å². The molecule has 0 aliphatic carbocycles. The normalized spacial score (nSPS) is 11.6. The molecular formula is C15H21NO2S2. The van der Waals surface area contributed by atoms with Gasteiger partial charge in [0.25, 0.3) is 5.91 Å². The molecule has 0 saturated carbocycles. The highest BCUT2D eigenvalue weighted by Crippen LogP contribution is 2.21. The molecular weight excluding hydrogens is 290 g/mol. The van der Waals surface area contributed by atoms with Gasteiger partial charge in [-0.15, -0.1) is 11.3 Å². The largest absolute Gasteiger partial charge is 0.395 e. The summed E-state index contributed by atoms with van der Waals surface area (Å²) in [5.74, 6) is 7.84. The monoisotopic (exact) mass is 311 g/mol. The number of carbonyl (C=O) groups excluding carboxylic acids is 1. The van der Waals surface area contributed by atoms with Gasteiger partial charge in [-0.25, -0.2) is 0 Å². The number of carbonyl (C=O) groups is 1. The van der Waals surface area contributed by atoms with Crippen LogP contribution in [0.2, 0.25) is 0 Å². The molecule has 0 bridgehead atoms. The second-order valence-corrected chi connectivity index (χ2v) is 6.80. The number of aliphatic hydroxyl groups is 1. The average Bonchev–Trinajstić information content (AvgIpc) is 2.78. The molecule has 1 rings (SSSR count). The predicted molar refractivity (Wildman–Crippen MR) is 87.6 cm³/mol. The molecule has 1 heterocycles. The molecule has 5 heteroatoms. The lowest BCUT2D eigenvalue weighted by molar-refractivity contribution is 0.0948. The Morgan fingerprint density at radius 1 is 1.60 bits per heavy atom. The molecule has 1 atom stereocenters. The Balaban J connectivity index is 2.66. The molecule has 0 saturated heterocycles. The molecule has 0 spiro atoms. The van der Waals surface area contributed by atoms with Gasteiger partial charge in [0.05, 0.1) is 16.4 Å². The van der Waals surface area contributed by atoms with E-state index >= 15 is 0 Å². The summed E-state index contributed by atoms with van der Waals surface area (Å²) in [6.45, 7) is 6.14. The first-order valence-corrected chi connectivity index (χ1v) is 8.64. The van der Waals surface area contributed by atoms with Crippen LogP contribution in [0.1, 0.15) is 40.4 Å². The molecule has 110 valence electrons. The highest BCUT2D eigenvalue weighted by molar-refractivity contribution is 7.99. The van der Waals surface area contributed by atoms with E-state index in [1.807, 2.05) is 31.7 Å². The van der Waals surface area contributed by atoms with Crippen molar-refractivity contribution in [3.05, 3.63) is 21.4 Å². The van der Waals surface area contributed by atoms with E-state index in [9.17, 15) is 4.79 Å². The quantitative estimate of drug-likeness (QED) is 0.794. The van der Waals surface area contributed by atoms with E-state index < -0.39 is 0 Å². The van der Waals surface area contributed by atoms with E-state index in [2.05, 4.69) is 24.1 Å². The molecule has 1 aromatic heterocycles. The topological polar surface area (TPSA) is 49.3 Å². The third-order valence-electron chi connectivity index (χ3n) is 2.53. The highest BCUT2D eigenvalue weighted by Gasteiger charge is 2.13. The summed E-state index contributed by atoms with van der Waals surface area (Å²) >= 11 is 3.23. The van der Waals surface area contributed by atoms with Crippen molar-refractivity contribution in [2.24, 2.45) is 0 Å². The van der Waals surface area contributed by atoms with Crippen LogP contribution < -0.4 is 5.32 Å². The molecule has 1 unspecified atom stereocenters. The molecule has 0 fully saturated rings. The zero-order valence-corrected chi connectivity index (χ0v) is 13.8. The van der Waals surface area contributed by atoms with E-state index in [0.29, 0.717) is 11.3 Å². The van der Waals surface area contributed by atoms with Crippen LogP contribution >= 0.6 is 23.1 Å². The summed E-state index contributed by atoms with van der Waals surface area (Å²) in [6.07, 6.45) is 0.462. The zero-order valence-electron chi connectivity index (χ0n) is 12.2. The lowest BCUT2D eigenvalue weighted by Gasteiger charge is -2.11. The molecule has 1 aromatic rings. The van der Waals surface area contributed by atoms with Crippen molar-refractivity contribution in [3.63, 3.8) is 0 Å². The number of nitrogens with one attached hydrogen (secondary N) is 1. The number of amides is 1. The second-order valence-electron chi connectivity index (χ2n) is 4.43. The Labute approximate surface area is 129 Å². The summed E-state index contributed by atoms with van der Waals surface area (Å²) < 4.78 is 0. The van der Waals surface area contributed by atoms with Crippen LogP contribution in [0.5, 0.6) is 0 Å². The second kappa shape index (κ2) is 9.06. The van der Waals surface area contributed by atoms with Crippen LogP contribution in [0.15, 0.2) is 6.07 Å². The predicted octanol–water partition coefficient (Wildman–Crippen LogP) is 2.66.